The van der Waals surface area contributed by atoms with E-state index in [9.17, 15) is 4.79 Å². The summed E-state index contributed by atoms with van der Waals surface area (Å²) >= 11 is 0. The van der Waals surface area contributed by atoms with E-state index in [4.69, 9.17) is 4.42 Å². The Morgan fingerprint density at radius 2 is 2.30 bits per heavy atom. The first-order valence-electron chi connectivity index (χ1n) is 6.90. The minimum atomic E-state index is -0.0200. The number of furan rings is 1. The van der Waals surface area contributed by atoms with E-state index in [1.54, 1.807) is 0 Å². The van der Waals surface area contributed by atoms with Crippen LogP contribution in [0.5, 0.6) is 0 Å². The van der Waals surface area contributed by atoms with Crippen LogP contribution in [0, 0.1) is 13.8 Å². The summed E-state index contributed by atoms with van der Waals surface area (Å²) in [4.78, 5) is 18.8. The fourth-order valence-corrected chi connectivity index (χ4v) is 2.83. The van der Waals surface area contributed by atoms with Crippen molar-refractivity contribution in [3.63, 3.8) is 0 Å². The third-order valence-corrected chi connectivity index (χ3v) is 3.78. The molecule has 1 amide bonds. The second-order valence-electron chi connectivity index (χ2n) is 5.21. The molecule has 6 heteroatoms. The molecule has 1 fully saturated rings. The van der Waals surface area contributed by atoms with Gasteiger partial charge in [-0.3, -0.25) is 9.89 Å². The van der Waals surface area contributed by atoms with Crippen molar-refractivity contribution in [3.8, 4) is 0 Å². The van der Waals surface area contributed by atoms with E-state index in [2.05, 4.69) is 15.2 Å². The number of nitrogens with zero attached hydrogens (tertiary/aromatic N) is 3. The van der Waals surface area contributed by atoms with Crippen LogP contribution in [0.25, 0.3) is 0 Å². The number of nitrogens with one attached hydrogen (secondary N) is 1. The topological polar surface area (TPSA) is 75.0 Å². The normalized spacial score (nSPS) is 19.3. The van der Waals surface area contributed by atoms with Crippen molar-refractivity contribution in [2.24, 2.45) is 0 Å². The quantitative estimate of drug-likeness (QED) is 0.912. The molecule has 0 bridgehead atoms. The smallest absolute Gasteiger partial charge is 0.258 e. The first-order valence-corrected chi connectivity index (χ1v) is 6.90. The number of carbonyl (C=O) groups excluding carboxylic acids is 1. The number of piperidine rings is 1. The molecule has 0 aromatic carbocycles. The van der Waals surface area contributed by atoms with Crippen LogP contribution in [0.4, 0.5) is 0 Å². The summed E-state index contributed by atoms with van der Waals surface area (Å²) in [5.74, 6) is 2.21. The summed E-state index contributed by atoms with van der Waals surface area (Å²) < 4.78 is 5.47. The number of aryl methyl sites for hydroxylation is 2. The minimum Gasteiger partial charge on any atom is -0.466 e. The maximum absolute atomic E-state index is 12.7. The number of amides is 1. The van der Waals surface area contributed by atoms with Crippen LogP contribution in [-0.2, 0) is 0 Å². The van der Waals surface area contributed by atoms with Crippen LogP contribution >= 0.6 is 0 Å². The van der Waals surface area contributed by atoms with Crippen LogP contribution in [0.2, 0.25) is 0 Å². The Kier molecular flexibility index (Phi) is 3.30. The summed E-state index contributed by atoms with van der Waals surface area (Å²) in [5, 5.41) is 6.78. The molecule has 106 valence electrons. The largest absolute Gasteiger partial charge is 0.466 e. The maximum atomic E-state index is 12.7. The van der Waals surface area contributed by atoms with Crippen molar-refractivity contribution in [3.05, 3.63) is 35.3 Å². The highest BCUT2D eigenvalue weighted by molar-refractivity contribution is 5.95. The van der Waals surface area contributed by atoms with Gasteiger partial charge in [0.05, 0.1) is 11.6 Å². The summed E-state index contributed by atoms with van der Waals surface area (Å²) in [5.41, 5.74) is 0.647. The Morgan fingerprint density at radius 3 is 2.95 bits per heavy atom. The number of likely N-dealkylation sites (tertiary alicyclic amines) is 1. The van der Waals surface area contributed by atoms with E-state index in [1.807, 2.05) is 24.8 Å². The minimum absolute atomic E-state index is 0.0143. The molecule has 0 unspecified atom stereocenters. The fourth-order valence-electron chi connectivity index (χ4n) is 2.83. The first-order chi connectivity index (χ1) is 9.66. The maximum Gasteiger partial charge on any atom is 0.258 e. The monoisotopic (exact) mass is 274 g/mol. The van der Waals surface area contributed by atoms with Gasteiger partial charge in [-0.1, -0.05) is 0 Å². The number of aromatic nitrogens is 3. The highest BCUT2D eigenvalue weighted by Crippen LogP contribution is 2.30. The number of H-pyrrole nitrogens is 1. The van der Waals surface area contributed by atoms with Gasteiger partial charge >= 0.3 is 0 Å². The predicted molar refractivity (Wildman–Crippen MR) is 72.2 cm³/mol. The van der Waals surface area contributed by atoms with Gasteiger partial charge in [0.15, 0.2) is 0 Å². The van der Waals surface area contributed by atoms with Crippen LogP contribution in [0.3, 0.4) is 0 Å². The first kappa shape index (κ1) is 12.9. The van der Waals surface area contributed by atoms with E-state index >= 15 is 0 Å². The molecule has 6 nitrogen and oxygen atoms in total. The standard InChI is InChI=1S/C14H18N4O2/c1-9-7-11(10(2)20-9)14(19)18-6-4-3-5-12(18)13-15-8-16-17-13/h7-8,12H,3-6H2,1-2H3,(H,15,16,17)/t12-/m0/s1. The zero-order chi connectivity index (χ0) is 14.1. The lowest BCUT2D eigenvalue weighted by Crippen LogP contribution is -2.39. The Labute approximate surface area is 117 Å². The summed E-state index contributed by atoms with van der Waals surface area (Å²) in [6, 6.07) is 1.79. The van der Waals surface area contributed by atoms with Gasteiger partial charge in [0.2, 0.25) is 0 Å². The molecule has 0 spiro atoms. The molecule has 1 N–H and O–H groups in total. The van der Waals surface area contributed by atoms with Crippen LogP contribution in [-0.4, -0.2) is 32.5 Å². The Bertz CT molecular complexity index is 603. The van der Waals surface area contributed by atoms with Gasteiger partial charge in [-0.05, 0) is 39.2 Å². The van der Waals surface area contributed by atoms with E-state index in [1.165, 1.54) is 6.33 Å². The SMILES string of the molecule is Cc1cc(C(=O)N2CCCC[C@H]2c2ncn[nH]2)c(C)o1. The summed E-state index contributed by atoms with van der Waals surface area (Å²) in [7, 11) is 0. The zero-order valence-corrected chi connectivity index (χ0v) is 11.7. The molecule has 1 aliphatic heterocycles. The number of hydrogen-bond acceptors (Lipinski definition) is 4. The van der Waals surface area contributed by atoms with E-state index in [-0.39, 0.29) is 11.9 Å². The lowest BCUT2D eigenvalue weighted by atomic mass is 10.0. The Morgan fingerprint density at radius 1 is 1.45 bits per heavy atom. The van der Waals surface area contributed by atoms with Gasteiger partial charge < -0.3 is 9.32 Å². The van der Waals surface area contributed by atoms with Crippen LogP contribution < -0.4 is 0 Å². The van der Waals surface area contributed by atoms with Gasteiger partial charge in [-0.2, -0.15) is 5.10 Å². The number of carbonyl (C=O) groups is 1. The molecule has 20 heavy (non-hydrogen) atoms. The highest BCUT2D eigenvalue weighted by Gasteiger charge is 2.31. The molecule has 0 radical (unpaired) electrons. The molecule has 1 aliphatic rings. The summed E-state index contributed by atoms with van der Waals surface area (Å²) in [6.45, 7) is 4.43. The molecule has 2 aromatic heterocycles. The van der Waals surface area contributed by atoms with E-state index < -0.39 is 0 Å². The molecule has 3 rings (SSSR count). The molecule has 0 aliphatic carbocycles. The number of rotatable bonds is 2. The fraction of sp³-hybridized carbons (Fsp3) is 0.500. The number of aromatic amines is 1. The molecular formula is C14H18N4O2. The Hall–Kier alpha value is -2.11. The molecular weight excluding hydrogens is 256 g/mol. The molecule has 2 aromatic rings. The van der Waals surface area contributed by atoms with Crippen molar-refractivity contribution < 1.29 is 9.21 Å². The highest BCUT2D eigenvalue weighted by atomic mass is 16.3. The third kappa shape index (κ3) is 2.21. The molecule has 1 atom stereocenters. The third-order valence-electron chi connectivity index (χ3n) is 3.78. The van der Waals surface area contributed by atoms with Crippen molar-refractivity contribution in [1.82, 2.24) is 20.1 Å². The van der Waals surface area contributed by atoms with Crippen LogP contribution in [0.1, 0.15) is 53.0 Å². The van der Waals surface area contributed by atoms with Gasteiger partial charge in [0, 0.05) is 6.54 Å². The number of hydrogen-bond donors (Lipinski definition) is 1. The van der Waals surface area contributed by atoms with Gasteiger partial charge in [0.1, 0.15) is 23.7 Å². The van der Waals surface area contributed by atoms with Gasteiger partial charge in [-0.25, -0.2) is 4.98 Å². The molecule has 1 saturated heterocycles. The predicted octanol–water partition coefficient (Wildman–Crippen LogP) is 2.38. The second-order valence-corrected chi connectivity index (χ2v) is 5.21. The van der Waals surface area contributed by atoms with Crippen molar-refractivity contribution in [1.29, 1.82) is 0 Å². The Balaban J connectivity index is 1.90. The molecule has 0 saturated carbocycles. The van der Waals surface area contributed by atoms with Crippen molar-refractivity contribution >= 4 is 5.91 Å². The zero-order valence-electron chi connectivity index (χ0n) is 11.7. The average molecular weight is 274 g/mol. The average Bonchev–Trinajstić information content (AvgIpc) is 3.07. The summed E-state index contributed by atoms with van der Waals surface area (Å²) in [6.07, 6.45) is 4.52. The van der Waals surface area contributed by atoms with Crippen molar-refractivity contribution in [2.45, 2.75) is 39.2 Å². The van der Waals surface area contributed by atoms with E-state index in [0.29, 0.717) is 11.3 Å². The molecule has 3 heterocycles. The van der Waals surface area contributed by atoms with Crippen molar-refractivity contribution in [2.75, 3.05) is 6.54 Å². The van der Waals surface area contributed by atoms with Crippen LogP contribution in [0.15, 0.2) is 16.8 Å². The van der Waals surface area contributed by atoms with Gasteiger partial charge in [0.25, 0.3) is 5.91 Å². The van der Waals surface area contributed by atoms with E-state index in [0.717, 1.165) is 37.4 Å². The van der Waals surface area contributed by atoms with Gasteiger partial charge in [-0.15, -0.1) is 0 Å². The second kappa shape index (κ2) is 5.11. The lowest BCUT2D eigenvalue weighted by molar-refractivity contribution is 0.0598. The lowest BCUT2D eigenvalue weighted by Gasteiger charge is -2.34.